The van der Waals surface area contributed by atoms with Gasteiger partial charge in [0.1, 0.15) is 0 Å². The number of aromatic nitrogens is 1. The Labute approximate surface area is 131 Å². The molecule has 6 nitrogen and oxygen atoms in total. The van der Waals surface area contributed by atoms with Crippen molar-refractivity contribution in [3.05, 3.63) is 30.1 Å². The van der Waals surface area contributed by atoms with Crippen molar-refractivity contribution < 1.29 is 9.59 Å². The number of hydrogen-bond acceptors (Lipinski definition) is 4. The van der Waals surface area contributed by atoms with Crippen molar-refractivity contribution in [2.45, 2.75) is 53.1 Å². The Hall–Kier alpha value is -2.24. The third-order valence-corrected chi connectivity index (χ3v) is 3.10. The Morgan fingerprint density at radius 3 is 2.23 bits per heavy atom. The number of carbonyl (C=O) groups is 2. The van der Waals surface area contributed by atoms with Crippen molar-refractivity contribution in [2.24, 2.45) is 5.10 Å². The van der Waals surface area contributed by atoms with Gasteiger partial charge in [-0.05, 0) is 46.8 Å². The molecule has 1 heterocycles. The summed E-state index contributed by atoms with van der Waals surface area (Å²) in [5.74, 6) is -0.316. The van der Waals surface area contributed by atoms with E-state index in [0.717, 1.165) is 0 Å². The first-order chi connectivity index (χ1) is 10.3. The first-order valence-corrected chi connectivity index (χ1v) is 7.37. The zero-order valence-electron chi connectivity index (χ0n) is 13.8. The number of amides is 2. The van der Waals surface area contributed by atoms with Crippen LogP contribution in [0.25, 0.3) is 0 Å². The molecule has 0 bridgehead atoms. The smallest absolute Gasteiger partial charge is 0.271 e. The fourth-order valence-corrected chi connectivity index (χ4v) is 2.24. The number of pyridine rings is 1. The van der Waals surface area contributed by atoms with Crippen molar-refractivity contribution in [2.75, 3.05) is 0 Å². The molecule has 1 rings (SSSR count). The maximum atomic E-state index is 12.3. The van der Waals surface area contributed by atoms with Crippen LogP contribution in [0.3, 0.4) is 0 Å². The molecule has 6 heteroatoms. The van der Waals surface area contributed by atoms with Crippen molar-refractivity contribution in [1.29, 1.82) is 0 Å². The van der Waals surface area contributed by atoms with E-state index < -0.39 is 0 Å². The predicted molar refractivity (Wildman–Crippen MR) is 86.5 cm³/mol. The molecular formula is C16H24N4O2. The van der Waals surface area contributed by atoms with E-state index in [0.29, 0.717) is 11.3 Å². The summed E-state index contributed by atoms with van der Waals surface area (Å²) in [6.07, 6.45) is 3.27. The van der Waals surface area contributed by atoms with Gasteiger partial charge in [0.25, 0.3) is 5.91 Å². The van der Waals surface area contributed by atoms with E-state index in [4.69, 9.17) is 0 Å². The van der Waals surface area contributed by atoms with Gasteiger partial charge in [-0.15, -0.1) is 0 Å². The number of rotatable bonds is 6. The summed E-state index contributed by atoms with van der Waals surface area (Å²) in [6, 6.07) is 3.47. The van der Waals surface area contributed by atoms with Crippen molar-refractivity contribution >= 4 is 17.5 Å². The van der Waals surface area contributed by atoms with Crippen molar-refractivity contribution in [1.82, 2.24) is 15.3 Å². The van der Waals surface area contributed by atoms with Gasteiger partial charge in [-0.1, -0.05) is 0 Å². The van der Waals surface area contributed by atoms with Crippen LogP contribution >= 0.6 is 0 Å². The molecule has 1 aromatic heterocycles. The van der Waals surface area contributed by atoms with Gasteiger partial charge in [-0.25, -0.2) is 5.43 Å². The van der Waals surface area contributed by atoms with Gasteiger partial charge in [-0.3, -0.25) is 14.6 Å². The van der Waals surface area contributed by atoms with Gasteiger partial charge in [0.2, 0.25) is 5.91 Å². The minimum atomic E-state index is -0.321. The quantitative estimate of drug-likeness (QED) is 0.647. The molecule has 0 radical (unpaired) electrons. The summed E-state index contributed by atoms with van der Waals surface area (Å²) in [7, 11) is 0. The molecule has 0 unspecified atom stereocenters. The van der Waals surface area contributed by atoms with Crippen LogP contribution in [-0.2, 0) is 4.79 Å². The van der Waals surface area contributed by atoms with E-state index in [1.54, 1.807) is 19.1 Å². The number of hydrazone groups is 1. The monoisotopic (exact) mass is 304 g/mol. The van der Waals surface area contributed by atoms with Crippen LogP contribution in [0.15, 0.2) is 29.6 Å². The van der Waals surface area contributed by atoms with Gasteiger partial charge >= 0.3 is 0 Å². The minimum absolute atomic E-state index is 0.00408. The summed E-state index contributed by atoms with van der Waals surface area (Å²) in [5, 5.41) is 3.99. The summed E-state index contributed by atoms with van der Waals surface area (Å²) in [4.78, 5) is 29.8. The Morgan fingerprint density at radius 1 is 1.18 bits per heavy atom. The van der Waals surface area contributed by atoms with E-state index >= 15 is 0 Å². The molecule has 0 aliphatic rings. The molecule has 1 N–H and O–H groups in total. The highest BCUT2D eigenvalue weighted by atomic mass is 16.2. The number of carbonyl (C=O) groups excluding carboxylic acids is 2. The summed E-state index contributed by atoms with van der Waals surface area (Å²) in [6.45, 7) is 9.65. The fourth-order valence-electron chi connectivity index (χ4n) is 2.24. The number of nitrogens with zero attached hydrogens (tertiary/aromatic N) is 3. The maximum absolute atomic E-state index is 12.3. The summed E-state index contributed by atoms with van der Waals surface area (Å²) in [5.41, 5.74) is 3.50. The lowest BCUT2D eigenvalue weighted by atomic mass is 10.2. The van der Waals surface area contributed by atoms with E-state index in [2.05, 4.69) is 15.5 Å². The summed E-state index contributed by atoms with van der Waals surface area (Å²) >= 11 is 0. The van der Waals surface area contributed by atoms with E-state index in [1.165, 1.54) is 12.4 Å². The molecule has 120 valence electrons. The van der Waals surface area contributed by atoms with Gasteiger partial charge in [-0.2, -0.15) is 5.10 Å². The fraction of sp³-hybridized carbons (Fsp3) is 0.500. The zero-order chi connectivity index (χ0) is 16.7. The average molecular weight is 304 g/mol. The molecule has 22 heavy (non-hydrogen) atoms. The second-order valence-electron chi connectivity index (χ2n) is 5.69. The van der Waals surface area contributed by atoms with Gasteiger partial charge in [0.15, 0.2) is 0 Å². The molecule has 1 aromatic rings. The lowest BCUT2D eigenvalue weighted by Gasteiger charge is -2.30. The van der Waals surface area contributed by atoms with Gasteiger partial charge in [0.05, 0.1) is 6.42 Å². The molecular weight excluding hydrogens is 280 g/mol. The third-order valence-electron chi connectivity index (χ3n) is 3.10. The second-order valence-corrected chi connectivity index (χ2v) is 5.69. The van der Waals surface area contributed by atoms with Crippen LogP contribution < -0.4 is 5.43 Å². The van der Waals surface area contributed by atoms with Crippen LogP contribution in [0.2, 0.25) is 0 Å². The highest BCUT2D eigenvalue weighted by Gasteiger charge is 2.20. The largest absolute Gasteiger partial charge is 0.338 e. The first-order valence-electron chi connectivity index (χ1n) is 7.37. The lowest BCUT2D eigenvalue weighted by Crippen LogP contribution is -2.42. The normalized spacial score (nSPS) is 11.7. The molecule has 0 spiro atoms. The predicted octanol–water partition coefficient (Wildman–Crippen LogP) is 2.22. The van der Waals surface area contributed by atoms with Crippen LogP contribution in [0.4, 0.5) is 0 Å². The molecule has 0 saturated carbocycles. The summed E-state index contributed by atoms with van der Waals surface area (Å²) < 4.78 is 0. The van der Waals surface area contributed by atoms with Crippen LogP contribution in [0.1, 0.15) is 51.4 Å². The van der Waals surface area contributed by atoms with Crippen LogP contribution in [0.5, 0.6) is 0 Å². The van der Waals surface area contributed by atoms with Crippen molar-refractivity contribution in [3.63, 3.8) is 0 Å². The van der Waals surface area contributed by atoms with Crippen LogP contribution in [0, 0.1) is 0 Å². The molecule has 0 aliphatic carbocycles. The number of nitrogens with one attached hydrogen (secondary N) is 1. The number of hydrogen-bond donors (Lipinski definition) is 1. The van der Waals surface area contributed by atoms with Gasteiger partial charge in [0, 0.05) is 35.8 Å². The Bertz CT molecular complexity index is 530. The minimum Gasteiger partial charge on any atom is -0.338 e. The maximum Gasteiger partial charge on any atom is 0.271 e. The standard InChI is InChI=1S/C16H24N4O2/c1-11(2)20(12(3)4)15(21)10-13(5)18-19-16(22)14-6-8-17-9-7-14/h6-9,11-12H,10H2,1-5H3,(H,19,22)/b18-13+. The average Bonchev–Trinajstić information content (AvgIpc) is 2.44. The highest BCUT2D eigenvalue weighted by Crippen LogP contribution is 2.08. The molecule has 0 aliphatic heterocycles. The Kier molecular flexibility index (Phi) is 6.69. The van der Waals surface area contributed by atoms with Crippen molar-refractivity contribution in [3.8, 4) is 0 Å². The molecule has 0 fully saturated rings. The third kappa shape index (κ3) is 5.27. The highest BCUT2D eigenvalue weighted by molar-refractivity contribution is 6.01. The molecule has 0 aromatic carbocycles. The molecule has 2 amide bonds. The van der Waals surface area contributed by atoms with Crippen LogP contribution in [-0.4, -0.2) is 39.5 Å². The zero-order valence-corrected chi connectivity index (χ0v) is 13.8. The topological polar surface area (TPSA) is 74.7 Å². The Balaban J connectivity index is 2.62. The first kappa shape index (κ1) is 17.8. The Morgan fingerprint density at radius 2 is 1.73 bits per heavy atom. The molecule has 0 saturated heterocycles. The second kappa shape index (κ2) is 8.26. The molecule has 0 atom stereocenters. The van der Waals surface area contributed by atoms with E-state index in [9.17, 15) is 9.59 Å². The van der Waals surface area contributed by atoms with E-state index in [1.807, 2.05) is 32.6 Å². The lowest BCUT2D eigenvalue weighted by molar-refractivity contribution is -0.133. The van der Waals surface area contributed by atoms with Gasteiger partial charge < -0.3 is 4.90 Å². The van der Waals surface area contributed by atoms with E-state index in [-0.39, 0.29) is 30.3 Å². The SMILES string of the molecule is C/C(CC(=O)N(C(C)C)C(C)C)=N\NC(=O)c1ccncc1.